The molecule has 5 heteroatoms. The van der Waals surface area contributed by atoms with Crippen molar-refractivity contribution in [2.45, 2.75) is 32.2 Å². The molecule has 19 heavy (non-hydrogen) atoms. The number of hydrogen-bond acceptors (Lipinski definition) is 2. The summed E-state index contributed by atoms with van der Waals surface area (Å²) in [6.07, 6.45) is 2.94. The van der Waals surface area contributed by atoms with E-state index in [2.05, 4.69) is 26.0 Å². The molecule has 0 aliphatic carbocycles. The molecule has 1 saturated heterocycles. The second-order valence-corrected chi connectivity index (χ2v) is 6.17. The highest BCUT2D eigenvalue weighted by molar-refractivity contribution is 5.91. The normalized spacial score (nSPS) is 19.5. The van der Waals surface area contributed by atoms with Gasteiger partial charge in [-0.05, 0) is 6.92 Å². The van der Waals surface area contributed by atoms with Crippen LogP contribution in [0.2, 0.25) is 0 Å². The van der Waals surface area contributed by atoms with Gasteiger partial charge in [0.15, 0.2) is 6.54 Å². The molecule has 0 spiro atoms. The topological polar surface area (TPSA) is 49.2 Å². The van der Waals surface area contributed by atoms with Gasteiger partial charge in [0.25, 0.3) is 0 Å². The van der Waals surface area contributed by atoms with Crippen molar-refractivity contribution in [2.75, 3.05) is 40.3 Å². The molecule has 0 bridgehead atoms. The van der Waals surface area contributed by atoms with Crippen LogP contribution in [-0.4, -0.2) is 61.5 Å². The summed E-state index contributed by atoms with van der Waals surface area (Å²) >= 11 is 0. The zero-order chi connectivity index (χ0) is 14.5. The smallest absolute Gasteiger partial charge is 0.249 e. The van der Waals surface area contributed by atoms with Crippen LogP contribution in [0, 0.1) is 4.91 Å². The van der Waals surface area contributed by atoms with Gasteiger partial charge in [-0.15, -0.1) is 0 Å². The maximum atomic E-state index is 11.6. The number of carbonyl (C=O) groups excluding carboxylic acids is 1. The van der Waals surface area contributed by atoms with E-state index in [1.807, 2.05) is 0 Å². The van der Waals surface area contributed by atoms with Crippen molar-refractivity contribution in [2.24, 2.45) is 0 Å². The first-order valence-electron chi connectivity index (χ1n) is 7.01. The third-order valence-electron chi connectivity index (χ3n) is 3.64. The molecule has 0 aromatic heterocycles. The second kappa shape index (κ2) is 6.80. The number of nitrogens with one attached hydrogen (secondary N) is 1. The molecule has 1 amide bonds. The molecule has 1 aliphatic heterocycles. The summed E-state index contributed by atoms with van der Waals surface area (Å²) in [5, 5.41) is 2.84. The molecule has 1 fully saturated rings. The molecule has 0 radical (unpaired) electrons. The van der Waals surface area contributed by atoms with Crippen LogP contribution in [0.25, 0.3) is 0 Å². The molecule has 108 valence electrons. The average Bonchev–Trinajstić information content (AvgIpc) is 2.69. The number of likely N-dealkylation sites (N-methyl/N-ethyl adjacent to an activating group) is 1. The number of carbonyl (C=O) groups is 1. The van der Waals surface area contributed by atoms with Crippen LogP contribution in [0.1, 0.15) is 26.2 Å². The molecule has 1 atom stereocenters. The van der Waals surface area contributed by atoms with E-state index in [4.69, 9.17) is 0 Å². The summed E-state index contributed by atoms with van der Waals surface area (Å²) in [4.78, 5) is 22.9. The summed E-state index contributed by atoms with van der Waals surface area (Å²) in [7, 11) is 4.29. The Morgan fingerprint density at radius 3 is 2.68 bits per heavy atom. The Morgan fingerprint density at radius 2 is 2.16 bits per heavy atom. The van der Waals surface area contributed by atoms with E-state index in [0.717, 1.165) is 36.8 Å². The van der Waals surface area contributed by atoms with E-state index in [0.29, 0.717) is 18.7 Å². The van der Waals surface area contributed by atoms with Crippen molar-refractivity contribution in [3.8, 4) is 0 Å². The summed E-state index contributed by atoms with van der Waals surface area (Å²) in [6.45, 7) is 8.50. The highest BCUT2D eigenvalue weighted by Crippen LogP contribution is 2.15. The van der Waals surface area contributed by atoms with Gasteiger partial charge in [-0.25, -0.2) is 0 Å². The zero-order valence-corrected chi connectivity index (χ0v) is 12.4. The second-order valence-electron chi connectivity index (χ2n) is 6.17. The van der Waals surface area contributed by atoms with Gasteiger partial charge in [0.2, 0.25) is 11.9 Å². The van der Waals surface area contributed by atoms with Crippen molar-refractivity contribution >= 4 is 5.91 Å². The van der Waals surface area contributed by atoms with Crippen molar-refractivity contribution in [3.05, 3.63) is 17.1 Å². The number of rotatable bonds is 7. The van der Waals surface area contributed by atoms with Gasteiger partial charge in [0, 0.05) is 41.0 Å². The molecule has 1 N–H and O–H groups in total. The molecule has 1 rings (SSSR count). The van der Waals surface area contributed by atoms with Gasteiger partial charge in [0.05, 0.1) is 20.6 Å². The van der Waals surface area contributed by atoms with Crippen molar-refractivity contribution in [1.29, 1.82) is 0 Å². The fraction of sp³-hybridized carbons (Fsp3) is 0.786. The highest BCUT2D eigenvalue weighted by atomic mass is 16.3. The van der Waals surface area contributed by atoms with E-state index in [1.165, 1.54) is 4.76 Å². The summed E-state index contributed by atoms with van der Waals surface area (Å²) in [5.41, 5.74) is 0.543. The van der Waals surface area contributed by atoms with Gasteiger partial charge in [-0.2, -0.15) is 0 Å². The molecule has 0 aromatic rings. The lowest BCUT2D eigenvalue weighted by molar-refractivity contribution is -0.902. The minimum Gasteiger partial charge on any atom is -0.352 e. The van der Waals surface area contributed by atoms with Gasteiger partial charge in [-0.3, -0.25) is 4.79 Å². The first kappa shape index (κ1) is 15.8. The van der Waals surface area contributed by atoms with E-state index < -0.39 is 0 Å². The molecular weight excluding hydrogens is 242 g/mol. The quantitative estimate of drug-likeness (QED) is 0.325. The van der Waals surface area contributed by atoms with Gasteiger partial charge >= 0.3 is 0 Å². The monoisotopic (exact) mass is 269 g/mol. The fourth-order valence-corrected chi connectivity index (χ4v) is 2.51. The molecule has 1 unspecified atom stereocenters. The predicted octanol–water partition coefficient (Wildman–Crippen LogP) is 1.09. The lowest BCUT2D eigenvalue weighted by atomic mass is 10.2. The molecule has 0 aromatic carbocycles. The summed E-state index contributed by atoms with van der Waals surface area (Å²) in [6, 6.07) is 0.167. The van der Waals surface area contributed by atoms with Crippen LogP contribution >= 0.6 is 0 Å². The van der Waals surface area contributed by atoms with Crippen LogP contribution in [-0.2, 0) is 4.79 Å². The first-order valence-corrected chi connectivity index (χ1v) is 7.01. The van der Waals surface area contributed by atoms with Crippen molar-refractivity contribution in [1.82, 2.24) is 5.32 Å². The van der Waals surface area contributed by atoms with Gasteiger partial charge < -0.3 is 9.80 Å². The minimum absolute atomic E-state index is 0.0770. The number of amides is 1. The average molecular weight is 269 g/mol. The zero-order valence-electron chi connectivity index (χ0n) is 12.4. The van der Waals surface area contributed by atoms with E-state index in [9.17, 15) is 9.70 Å². The molecule has 1 aliphatic rings. The molecule has 0 saturated carbocycles. The lowest BCUT2D eigenvalue weighted by Gasteiger charge is -2.29. The predicted molar refractivity (Wildman–Crippen MR) is 75.8 cm³/mol. The maximum Gasteiger partial charge on any atom is 0.249 e. The van der Waals surface area contributed by atoms with Crippen LogP contribution in [0.15, 0.2) is 12.2 Å². The number of nitroso groups, excluding NO2 is 1. The third-order valence-corrected chi connectivity index (χ3v) is 3.64. The van der Waals surface area contributed by atoms with Crippen LogP contribution < -0.4 is 5.32 Å². The highest BCUT2D eigenvalue weighted by Gasteiger charge is 2.37. The molecule has 1 heterocycles. The maximum absolute atomic E-state index is 11.6. The van der Waals surface area contributed by atoms with Gasteiger partial charge in [0.1, 0.15) is 6.54 Å². The largest absolute Gasteiger partial charge is 0.352 e. The Balaban J connectivity index is 2.25. The first-order chi connectivity index (χ1) is 8.82. The third kappa shape index (κ3) is 5.51. The molecule has 5 nitrogen and oxygen atoms in total. The Labute approximate surface area is 115 Å². The Hall–Kier alpha value is -1.23. The van der Waals surface area contributed by atoms with Crippen LogP contribution in [0.3, 0.4) is 0 Å². The Kier molecular flexibility index (Phi) is 5.66. The number of quaternary nitrogens is 1. The minimum atomic E-state index is -0.0770. The molecular formula is C14H27N3O2+2. The Morgan fingerprint density at radius 1 is 1.47 bits per heavy atom. The van der Waals surface area contributed by atoms with Crippen LogP contribution in [0.5, 0.6) is 0 Å². The van der Waals surface area contributed by atoms with E-state index in [-0.39, 0.29) is 11.9 Å². The lowest BCUT2D eigenvalue weighted by Crippen LogP contribution is -2.48. The van der Waals surface area contributed by atoms with Gasteiger partial charge in [-0.1, -0.05) is 6.58 Å². The fourth-order valence-electron chi connectivity index (χ4n) is 2.51. The Bertz CT molecular complexity index is 364. The van der Waals surface area contributed by atoms with Crippen LogP contribution in [0.4, 0.5) is 0 Å². The van der Waals surface area contributed by atoms with Crippen molar-refractivity contribution < 1.29 is 14.0 Å². The number of hydrogen-bond donors (Lipinski definition) is 1. The number of nitrogens with zero attached hydrogens (tertiary/aromatic N) is 2. The van der Waals surface area contributed by atoms with E-state index in [1.54, 1.807) is 6.92 Å². The summed E-state index contributed by atoms with van der Waals surface area (Å²) in [5.74, 6) is -0.0770. The van der Waals surface area contributed by atoms with Crippen molar-refractivity contribution in [3.63, 3.8) is 0 Å². The standard InChI is InChI=1S/C14H26N3O2/c1-12(2)14(18)15-8-6-10-17(3,4)11-13-7-5-9-16(13)19/h13H,1,5-11H2,2-4H3/q+1/p+1. The summed E-state index contributed by atoms with van der Waals surface area (Å²) < 4.78 is 2.05. The SMILES string of the molecule is C=C(C)C(=O)NCCC[N+](C)(C)CC1CCC[N+]1=O. The van der Waals surface area contributed by atoms with E-state index >= 15 is 0 Å².